The van der Waals surface area contributed by atoms with Crippen LogP contribution in [0.25, 0.3) is 22.3 Å². The van der Waals surface area contributed by atoms with Gasteiger partial charge in [-0.05, 0) is 63.6 Å². The zero-order valence-electron chi connectivity index (χ0n) is 25.3. The van der Waals surface area contributed by atoms with Crippen LogP contribution in [-0.4, -0.2) is 83.3 Å². The molecule has 5 heterocycles. The summed E-state index contributed by atoms with van der Waals surface area (Å²) in [5.74, 6) is 0.339. The number of hydrogen-bond acceptors (Lipinski definition) is 10. The Morgan fingerprint density at radius 3 is 2.59 bits per heavy atom. The summed E-state index contributed by atoms with van der Waals surface area (Å²) in [6, 6.07) is 12.7. The maximum atomic E-state index is 12.7. The Bertz CT molecular complexity index is 1820. The summed E-state index contributed by atoms with van der Waals surface area (Å²) in [5.41, 5.74) is 2.25. The van der Waals surface area contributed by atoms with Gasteiger partial charge in [0.1, 0.15) is 11.4 Å². The van der Waals surface area contributed by atoms with E-state index in [4.69, 9.17) is 14.7 Å². The number of carbonyl (C=O) groups is 2. The number of likely N-dealkylation sites (N-methyl/N-ethyl adjacent to an activating group) is 1. The number of carbonyl (C=O) groups excluding carboxylic acids is 2. The van der Waals surface area contributed by atoms with Gasteiger partial charge in [-0.15, -0.1) is 0 Å². The topological polar surface area (TPSA) is 148 Å². The number of aromatic nitrogens is 4. The van der Waals surface area contributed by atoms with Gasteiger partial charge in [0, 0.05) is 50.4 Å². The summed E-state index contributed by atoms with van der Waals surface area (Å²) < 4.78 is 29.2. The fourth-order valence-electron chi connectivity index (χ4n) is 4.81. The maximum Gasteiger partial charge on any atom is 0.410 e. The average Bonchev–Trinajstić information content (AvgIpc) is 3.48. The molecule has 1 aliphatic heterocycles. The summed E-state index contributed by atoms with van der Waals surface area (Å²) in [6.07, 6.45) is 5.74. The second kappa shape index (κ2) is 12.2. The van der Waals surface area contributed by atoms with Crippen molar-refractivity contribution in [1.82, 2.24) is 30.2 Å². The quantitative estimate of drug-likeness (QED) is 0.324. The van der Waals surface area contributed by atoms with Crippen LogP contribution in [0.5, 0.6) is 0 Å². The lowest BCUT2D eigenvalue weighted by Gasteiger charge is -2.28. The van der Waals surface area contributed by atoms with Crippen LogP contribution in [0.2, 0.25) is 0 Å². The zero-order chi connectivity index (χ0) is 31.6. The largest absolute Gasteiger partial charge is 0.444 e. The molecular weight excluding hydrogens is 582 g/mol. The first-order valence-electron chi connectivity index (χ1n) is 14.1. The summed E-state index contributed by atoms with van der Waals surface area (Å²) in [4.78, 5) is 47.0. The summed E-state index contributed by atoms with van der Waals surface area (Å²) in [7, 11) is -1.72. The standard InChI is InChI=1S/C31H35N7O5S/c1-31(2,3)43-30(40)37(4)23-11-12-38(19-23)28-8-6-7-25(36-28)26-10-9-20-16-33-22(14-27(20)35-26)17-34-29(39)21-13-24(18-32-15-21)44(5,41)42/h6-10,13-16,18,23H,11-12,17,19H2,1-5H3,(H,34,39). The number of amides is 2. The SMILES string of the molecule is CN(C(=O)OC(C)(C)C)C1CCN(c2cccc(-c3ccc4cnc(CNC(=O)c5cncc(S(C)(=O)=O)c5)cc4n3)n2)C1. The predicted molar refractivity (Wildman–Crippen MR) is 166 cm³/mol. The third-order valence-corrected chi connectivity index (χ3v) is 8.26. The van der Waals surface area contributed by atoms with Crippen LogP contribution in [-0.2, 0) is 21.1 Å². The molecule has 1 unspecified atom stereocenters. The van der Waals surface area contributed by atoms with Crippen molar-refractivity contribution in [2.24, 2.45) is 0 Å². The Labute approximate surface area is 256 Å². The number of anilines is 1. The van der Waals surface area contributed by atoms with Crippen molar-refractivity contribution in [3.05, 3.63) is 72.3 Å². The molecule has 5 rings (SSSR count). The molecule has 0 bridgehead atoms. The molecule has 13 heteroatoms. The van der Waals surface area contributed by atoms with Crippen molar-refractivity contribution in [3.8, 4) is 11.4 Å². The van der Waals surface area contributed by atoms with Crippen molar-refractivity contribution in [1.29, 1.82) is 0 Å². The van der Waals surface area contributed by atoms with Gasteiger partial charge < -0.3 is 19.9 Å². The van der Waals surface area contributed by atoms with E-state index in [1.54, 1.807) is 24.2 Å². The number of nitrogens with zero attached hydrogens (tertiary/aromatic N) is 6. The van der Waals surface area contributed by atoms with Crippen molar-refractivity contribution in [2.75, 3.05) is 31.3 Å². The van der Waals surface area contributed by atoms with E-state index < -0.39 is 21.3 Å². The fourth-order valence-corrected chi connectivity index (χ4v) is 5.40. The molecule has 0 radical (unpaired) electrons. The maximum absolute atomic E-state index is 12.7. The third-order valence-electron chi connectivity index (χ3n) is 7.18. The van der Waals surface area contributed by atoms with E-state index in [1.165, 1.54) is 18.5 Å². The van der Waals surface area contributed by atoms with Crippen LogP contribution in [0, 0.1) is 0 Å². The number of nitrogens with one attached hydrogen (secondary N) is 1. The highest BCUT2D eigenvalue weighted by molar-refractivity contribution is 7.90. The lowest BCUT2D eigenvalue weighted by Crippen LogP contribution is -2.42. The monoisotopic (exact) mass is 617 g/mol. The first-order valence-corrected chi connectivity index (χ1v) is 16.0. The minimum Gasteiger partial charge on any atom is -0.444 e. The minimum atomic E-state index is -3.49. The molecule has 4 aromatic heterocycles. The zero-order valence-corrected chi connectivity index (χ0v) is 26.1. The third kappa shape index (κ3) is 7.28. The minimum absolute atomic E-state index is 0.0143. The molecule has 1 fully saturated rings. The lowest BCUT2D eigenvalue weighted by molar-refractivity contribution is 0.0237. The Morgan fingerprint density at radius 2 is 1.84 bits per heavy atom. The highest BCUT2D eigenvalue weighted by Crippen LogP contribution is 2.26. The van der Waals surface area contributed by atoms with Gasteiger partial charge in [0.2, 0.25) is 0 Å². The van der Waals surface area contributed by atoms with Gasteiger partial charge in [-0.2, -0.15) is 0 Å². The van der Waals surface area contributed by atoms with Gasteiger partial charge in [-0.3, -0.25) is 14.8 Å². The molecule has 1 aliphatic rings. The summed E-state index contributed by atoms with van der Waals surface area (Å²) >= 11 is 0. The molecule has 0 aromatic carbocycles. The van der Waals surface area contributed by atoms with E-state index in [0.29, 0.717) is 29.1 Å². The molecule has 1 atom stereocenters. The molecule has 0 aliphatic carbocycles. The van der Waals surface area contributed by atoms with E-state index >= 15 is 0 Å². The van der Waals surface area contributed by atoms with E-state index in [-0.39, 0.29) is 29.1 Å². The van der Waals surface area contributed by atoms with E-state index in [2.05, 4.69) is 20.2 Å². The number of rotatable bonds is 7. The molecule has 44 heavy (non-hydrogen) atoms. The van der Waals surface area contributed by atoms with Crippen LogP contribution in [0.15, 0.2) is 66.0 Å². The van der Waals surface area contributed by atoms with Crippen molar-refractivity contribution >= 4 is 38.6 Å². The fraction of sp³-hybridized carbons (Fsp3) is 0.355. The molecule has 12 nitrogen and oxygen atoms in total. The van der Waals surface area contributed by atoms with Crippen molar-refractivity contribution in [3.63, 3.8) is 0 Å². The second-order valence-corrected chi connectivity index (χ2v) is 13.8. The highest BCUT2D eigenvalue weighted by atomic mass is 32.2. The molecule has 1 N–H and O–H groups in total. The van der Waals surface area contributed by atoms with Crippen LogP contribution >= 0.6 is 0 Å². The van der Waals surface area contributed by atoms with Crippen LogP contribution in [0.1, 0.15) is 43.2 Å². The first kappa shape index (κ1) is 30.8. The Morgan fingerprint density at radius 1 is 1.07 bits per heavy atom. The molecule has 4 aromatic rings. The molecule has 0 spiro atoms. The van der Waals surface area contributed by atoms with Gasteiger partial charge in [-0.1, -0.05) is 6.07 Å². The first-order chi connectivity index (χ1) is 20.8. The molecule has 2 amide bonds. The molecule has 230 valence electrons. The lowest BCUT2D eigenvalue weighted by atomic mass is 10.2. The normalized spacial score (nSPS) is 15.3. The number of pyridine rings is 4. The number of ether oxygens (including phenoxy) is 1. The van der Waals surface area contributed by atoms with Crippen LogP contribution in [0.3, 0.4) is 0 Å². The summed E-state index contributed by atoms with van der Waals surface area (Å²) in [5, 5.41) is 3.59. The number of sulfone groups is 1. The van der Waals surface area contributed by atoms with Crippen molar-refractivity contribution in [2.45, 2.75) is 50.3 Å². The van der Waals surface area contributed by atoms with Crippen LogP contribution in [0.4, 0.5) is 10.6 Å². The van der Waals surface area contributed by atoms with Gasteiger partial charge in [0.15, 0.2) is 9.84 Å². The van der Waals surface area contributed by atoms with Gasteiger partial charge in [0.05, 0.1) is 45.6 Å². The number of fused-ring (bicyclic) bond motifs is 1. The average molecular weight is 618 g/mol. The second-order valence-electron chi connectivity index (χ2n) is 11.8. The van der Waals surface area contributed by atoms with Gasteiger partial charge >= 0.3 is 6.09 Å². The molecule has 1 saturated heterocycles. The van der Waals surface area contributed by atoms with Gasteiger partial charge in [0.25, 0.3) is 5.91 Å². The van der Waals surface area contributed by atoms with E-state index in [0.717, 1.165) is 30.4 Å². The van der Waals surface area contributed by atoms with Crippen LogP contribution < -0.4 is 10.2 Å². The Kier molecular flexibility index (Phi) is 8.51. The van der Waals surface area contributed by atoms with Gasteiger partial charge in [-0.25, -0.2) is 23.2 Å². The summed E-state index contributed by atoms with van der Waals surface area (Å²) in [6.45, 7) is 7.09. The predicted octanol–water partition coefficient (Wildman–Crippen LogP) is 3.87. The Balaban J connectivity index is 1.28. The van der Waals surface area contributed by atoms with Crippen molar-refractivity contribution < 1.29 is 22.7 Å². The highest BCUT2D eigenvalue weighted by Gasteiger charge is 2.31. The number of hydrogen-bond donors (Lipinski definition) is 1. The van der Waals surface area contributed by atoms with E-state index in [1.807, 2.05) is 51.1 Å². The Hall–Kier alpha value is -4.65. The molecular formula is C31H35N7O5S. The van der Waals surface area contributed by atoms with E-state index in [9.17, 15) is 18.0 Å². The molecule has 0 saturated carbocycles. The smallest absolute Gasteiger partial charge is 0.410 e.